The third kappa shape index (κ3) is 2.38. The van der Waals surface area contributed by atoms with Gasteiger partial charge in [-0.25, -0.2) is 0 Å². The van der Waals surface area contributed by atoms with Gasteiger partial charge in [-0.2, -0.15) is 0 Å². The maximum atomic E-state index is 11.9. The van der Waals surface area contributed by atoms with E-state index in [0.717, 1.165) is 14.5 Å². The summed E-state index contributed by atoms with van der Waals surface area (Å²) >= 11 is -2.48. The Hall–Kier alpha value is -0.491. The van der Waals surface area contributed by atoms with Crippen LogP contribution in [0, 0.1) is 0 Å². The Labute approximate surface area is 106 Å². The van der Waals surface area contributed by atoms with Crippen molar-refractivity contribution < 1.29 is 8.42 Å². The summed E-state index contributed by atoms with van der Waals surface area (Å²) in [5.74, 6) is 0. The average molecular weight is 358 g/mol. The van der Waals surface area contributed by atoms with Crippen LogP contribution in [-0.2, 0) is 9.84 Å². The summed E-state index contributed by atoms with van der Waals surface area (Å²) in [7, 11) is -3.18. The fourth-order valence-corrected chi connectivity index (χ4v) is 11.6. The van der Waals surface area contributed by atoms with Crippen molar-refractivity contribution in [2.24, 2.45) is 0 Å². The van der Waals surface area contributed by atoms with Crippen LogP contribution in [0.4, 0.5) is 0 Å². The van der Waals surface area contributed by atoms with Crippen LogP contribution in [0.1, 0.15) is 0 Å². The summed E-state index contributed by atoms with van der Waals surface area (Å²) in [5, 5.41) is 1.51. The zero-order valence-electron chi connectivity index (χ0n) is 10.5. The second-order valence-corrected chi connectivity index (χ2v) is 21.6. The number of nitrogens with one attached hydrogen (secondary N) is 1. The molecule has 0 fully saturated rings. The van der Waals surface area contributed by atoms with Crippen LogP contribution in [0.3, 0.4) is 0 Å². The molecule has 17 heavy (non-hydrogen) atoms. The van der Waals surface area contributed by atoms with E-state index < -0.39 is 28.2 Å². The van der Waals surface area contributed by atoms with E-state index in [9.17, 15) is 8.42 Å². The Morgan fingerprint density at radius 3 is 2.24 bits per heavy atom. The molecule has 2 aromatic rings. The van der Waals surface area contributed by atoms with E-state index in [1.807, 2.05) is 24.3 Å². The van der Waals surface area contributed by atoms with Gasteiger partial charge in [0.2, 0.25) is 0 Å². The molecule has 3 nitrogen and oxygen atoms in total. The third-order valence-corrected chi connectivity index (χ3v) is 10.1. The Balaban J connectivity index is 2.94. The van der Waals surface area contributed by atoms with Crippen molar-refractivity contribution in [1.29, 1.82) is 0 Å². The molecule has 1 heterocycles. The van der Waals surface area contributed by atoms with Crippen molar-refractivity contribution in [1.82, 2.24) is 4.98 Å². The summed E-state index contributed by atoms with van der Waals surface area (Å²) < 4.78 is 24.8. The minimum absolute atomic E-state index is 0.432. The standard InChI is InChI=1S/C9H8NO2S.3CH3.Sn/c1-13(11,12)9-6-7-4-2-3-5-8(7)10-9;;;;/h2-5,10H,1H3;3*1H3;. The van der Waals surface area contributed by atoms with Gasteiger partial charge in [0.25, 0.3) is 0 Å². The Kier molecular flexibility index (Phi) is 3.06. The van der Waals surface area contributed by atoms with Crippen LogP contribution in [0.15, 0.2) is 29.3 Å². The predicted octanol–water partition coefficient (Wildman–Crippen LogP) is 2.12. The first-order valence-electron chi connectivity index (χ1n) is 5.52. The predicted molar refractivity (Wildman–Crippen MR) is 74.4 cm³/mol. The molecule has 2 rings (SSSR count). The summed E-state index contributed by atoms with van der Waals surface area (Å²) in [4.78, 5) is 9.78. The topological polar surface area (TPSA) is 49.9 Å². The van der Waals surface area contributed by atoms with Crippen LogP contribution >= 0.6 is 0 Å². The fourth-order valence-electron chi connectivity index (χ4n) is 2.14. The molecule has 0 amide bonds. The molecule has 0 unspecified atom stereocenters. The maximum absolute atomic E-state index is 11.9. The first kappa shape index (κ1) is 13.0. The molecular formula is C12H17NO2SSn. The molecule has 0 saturated heterocycles. The van der Waals surface area contributed by atoms with Crippen LogP contribution in [-0.4, -0.2) is 38.0 Å². The number of aromatic nitrogens is 1. The molecule has 1 N–H and O–H groups in total. The Morgan fingerprint density at radius 1 is 1.12 bits per heavy atom. The number of para-hydroxylation sites is 1. The molecule has 1 aromatic heterocycles. The van der Waals surface area contributed by atoms with Crippen LogP contribution in [0.2, 0.25) is 14.8 Å². The molecular weight excluding hydrogens is 341 g/mol. The molecule has 0 aliphatic carbocycles. The minimum atomic E-state index is -3.18. The number of rotatable bonds is 2. The van der Waals surface area contributed by atoms with E-state index in [4.69, 9.17) is 0 Å². The zero-order chi connectivity index (χ0) is 12.8. The van der Waals surface area contributed by atoms with E-state index in [2.05, 4.69) is 19.8 Å². The van der Waals surface area contributed by atoms with Crippen molar-refractivity contribution >= 4 is 42.7 Å². The van der Waals surface area contributed by atoms with E-state index in [0.29, 0.717) is 5.03 Å². The number of benzene rings is 1. The summed E-state index contributed by atoms with van der Waals surface area (Å²) in [5.41, 5.74) is 0.926. The first-order valence-corrected chi connectivity index (χ1v) is 17.4. The van der Waals surface area contributed by atoms with Gasteiger partial charge in [-0.05, 0) is 0 Å². The molecule has 5 heteroatoms. The molecule has 0 saturated carbocycles. The van der Waals surface area contributed by atoms with Crippen LogP contribution < -0.4 is 3.58 Å². The van der Waals surface area contributed by atoms with Crippen molar-refractivity contribution in [3.05, 3.63) is 24.3 Å². The second kappa shape index (κ2) is 4.02. The molecule has 0 bridgehead atoms. The zero-order valence-corrected chi connectivity index (χ0v) is 14.2. The van der Waals surface area contributed by atoms with E-state index >= 15 is 0 Å². The molecule has 1 aromatic carbocycles. The van der Waals surface area contributed by atoms with Crippen molar-refractivity contribution in [3.63, 3.8) is 0 Å². The van der Waals surface area contributed by atoms with Crippen LogP contribution in [0.5, 0.6) is 0 Å². The van der Waals surface area contributed by atoms with Gasteiger partial charge in [-0.3, -0.25) is 0 Å². The van der Waals surface area contributed by atoms with Crippen molar-refractivity contribution in [2.75, 3.05) is 6.26 Å². The van der Waals surface area contributed by atoms with Gasteiger partial charge < -0.3 is 0 Å². The van der Waals surface area contributed by atoms with Gasteiger partial charge in [-0.15, -0.1) is 0 Å². The number of hydrogen-bond acceptors (Lipinski definition) is 2. The second-order valence-electron chi connectivity index (χ2n) is 5.40. The third-order valence-electron chi connectivity index (χ3n) is 2.79. The van der Waals surface area contributed by atoms with Crippen molar-refractivity contribution in [3.8, 4) is 0 Å². The summed E-state index contributed by atoms with van der Waals surface area (Å²) in [6.07, 6.45) is 1.28. The van der Waals surface area contributed by atoms with Gasteiger partial charge in [0.1, 0.15) is 0 Å². The number of sulfone groups is 1. The number of H-pyrrole nitrogens is 1. The monoisotopic (exact) mass is 359 g/mol. The molecule has 0 aliphatic rings. The normalized spacial score (nSPS) is 13.2. The van der Waals surface area contributed by atoms with Gasteiger partial charge in [0.05, 0.1) is 0 Å². The first-order chi connectivity index (χ1) is 7.71. The molecule has 92 valence electrons. The van der Waals surface area contributed by atoms with Gasteiger partial charge in [0, 0.05) is 0 Å². The van der Waals surface area contributed by atoms with Gasteiger partial charge >= 0.3 is 106 Å². The number of hydrogen-bond donors (Lipinski definition) is 1. The quantitative estimate of drug-likeness (QED) is 0.837. The molecule has 0 atom stereocenters. The van der Waals surface area contributed by atoms with E-state index in [1.54, 1.807) is 0 Å². The fraction of sp³-hybridized carbons (Fsp3) is 0.333. The van der Waals surface area contributed by atoms with Crippen molar-refractivity contribution in [2.45, 2.75) is 19.8 Å². The SMILES string of the molecule is CS(=O)(=O)c1[nH]c2ccccc2[c]1[Sn]([CH3])([CH3])[CH3]. The Bertz CT molecular complexity index is 665. The van der Waals surface area contributed by atoms with Crippen LogP contribution in [0.25, 0.3) is 10.9 Å². The molecule has 0 aliphatic heterocycles. The van der Waals surface area contributed by atoms with E-state index in [1.165, 1.54) is 6.26 Å². The number of aromatic amines is 1. The average Bonchev–Trinajstić information content (AvgIpc) is 2.54. The van der Waals surface area contributed by atoms with Gasteiger partial charge in [-0.1, -0.05) is 0 Å². The van der Waals surface area contributed by atoms with Gasteiger partial charge in [0.15, 0.2) is 0 Å². The number of fused-ring (bicyclic) bond motifs is 1. The summed E-state index contributed by atoms with van der Waals surface area (Å²) in [6.45, 7) is 0. The summed E-state index contributed by atoms with van der Waals surface area (Å²) in [6, 6.07) is 7.83. The molecule has 0 spiro atoms. The molecule has 0 radical (unpaired) electrons. The Morgan fingerprint density at radius 2 is 1.71 bits per heavy atom. The van der Waals surface area contributed by atoms with E-state index in [-0.39, 0.29) is 0 Å².